The van der Waals surface area contributed by atoms with Crippen LogP contribution >= 0.6 is 0 Å². The molecule has 0 bridgehead atoms. The minimum absolute atomic E-state index is 0.0286. The highest BCUT2D eigenvalue weighted by atomic mass is 16.7. The van der Waals surface area contributed by atoms with Crippen LogP contribution < -0.4 is 0 Å². The molecule has 1 aliphatic rings. The van der Waals surface area contributed by atoms with Crippen molar-refractivity contribution in [2.75, 3.05) is 6.61 Å². The van der Waals surface area contributed by atoms with E-state index in [0.717, 1.165) is 0 Å². The molecule has 0 aliphatic carbocycles. The van der Waals surface area contributed by atoms with Gasteiger partial charge in [-0.1, -0.05) is 6.58 Å². The molecule has 0 saturated heterocycles. The number of hydrogen-bond donors (Lipinski definition) is 0. The van der Waals surface area contributed by atoms with Crippen LogP contribution in [0.1, 0.15) is 27.2 Å². The van der Waals surface area contributed by atoms with Crippen LogP contribution in [0.3, 0.4) is 0 Å². The summed E-state index contributed by atoms with van der Waals surface area (Å²) in [6, 6.07) is 0. The molecule has 0 aromatic carbocycles. The number of hydrogen-bond acceptors (Lipinski definition) is 5. The Morgan fingerprint density at radius 1 is 1.47 bits per heavy atom. The van der Waals surface area contributed by atoms with Crippen molar-refractivity contribution in [2.45, 2.75) is 33.0 Å². The quantitative estimate of drug-likeness (QED) is 0.540. The van der Waals surface area contributed by atoms with E-state index in [-0.39, 0.29) is 18.8 Å². The molecule has 0 fully saturated rings. The zero-order valence-electron chi connectivity index (χ0n) is 10.2. The third kappa shape index (κ3) is 3.94. The molecule has 0 saturated carbocycles. The summed E-state index contributed by atoms with van der Waals surface area (Å²) in [7, 11) is 0. The summed E-state index contributed by atoms with van der Waals surface area (Å²) < 4.78 is 15.5. The van der Waals surface area contributed by atoms with Crippen molar-refractivity contribution in [1.29, 1.82) is 0 Å². The highest BCUT2D eigenvalue weighted by molar-refractivity contribution is 5.87. The van der Waals surface area contributed by atoms with Crippen LogP contribution in [0.25, 0.3) is 0 Å². The van der Waals surface area contributed by atoms with Crippen molar-refractivity contribution >= 4 is 11.8 Å². The number of carbonyl (C=O) groups is 2. The summed E-state index contributed by atoms with van der Waals surface area (Å²) in [5, 5.41) is 0. The van der Waals surface area contributed by atoms with Gasteiger partial charge < -0.3 is 14.2 Å². The molecule has 1 heterocycles. The second kappa shape index (κ2) is 5.03. The fraction of sp³-hybridized carbons (Fsp3) is 0.500. The second-order valence-corrected chi connectivity index (χ2v) is 4.17. The third-order valence-electron chi connectivity index (χ3n) is 2.05. The zero-order valence-corrected chi connectivity index (χ0v) is 10.2. The van der Waals surface area contributed by atoms with Gasteiger partial charge in [0.2, 0.25) is 0 Å². The summed E-state index contributed by atoms with van der Waals surface area (Å²) in [4.78, 5) is 22.1. The first kappa shape index (κ1) is 13.3. The molecule has 17 heavy (non-hydrogen) atoms. The van der Waals surface area contributed by atoms with Crippen LogP contribution in [0.5, 0.6) is 0 Å². The van der Waals surface area contributed by atoms with E-state index in [1.165, 1.54) is 13.2 Å². The molecule has 94 valence electrons. The fourth-order valence-corrected chi connectivity index (χ4v) is 1.37. The van der Waals surface area contributed by atoms with Gasteiger partial charge in [-0.3, -0.25) is 4.79 Å². The van der Waals surface area contributed by atoms with E-state index in [1.807, 2.05) is 0 Å². The molecular formula is C12H16O5. The highest BCUT2D eigenvalue weighted by Crippen LogP contribution is 2.28. The number of ether oxygens (including phenoxy) is 3. The van der Waals surface area contributed by atoms with Crippen molar-refractivity contribution < 1.29 is 23.8 Å². The van der Waals surface area contributed by atoms with Gasteiger partial charge in [-0.2, -0.15) is 0 Å². The van der Waals surface area contributed by atoms with Gasteiger partial charge in [0.25, 0.3) is 5.79 Å². The molecule has 5 heteroatoms. The van der Waals surface area contributed by atoms with E-state index in [1.54, 1.807) is 13.8 Å². The number of ketones is 1. The minimum Gasteiger partial charge on any atom is -0.456 e. The largest absolute Gasteiger partial charge is 0.456 e. The second-order valence-electron chi connectivity index (χ2n) is 4.17. The van der Waals surface area contributed by atoms with Gasteiger partial charge in [0.15, 0.2) is 12.4 Å². The Hall–Kier alpha value is -1.78. The Kier molecular flexibility index (Phi) is 3.93. The molecule has 1 unspecified atom stereocenters. The Morgan fingerprint density at radius 3 is 2.65 bits per heavy atom. The van der Waals surface area contributed by atoms with Crippen molar-refractivity contribution in [3.8, 4) is 0 Å². The van der Waals surface area contributed by atoms with Gasteiger partial charge in [-0.05, 0) is 13.8 Å². The first-order valence-electron chi connectivity index (χ1n) is 5.20. The van der Waals surface area contributed by atoms with Gasteiger partial charge >= 0.3 is 5.97 Å². The van der Waals surface area contributed by atoms with Crippen LogP contribution in [0.4, 0.5) is 0 Å². The monoisotopic (exact) mass is 240 g/mol. The summed E-state index contributed by atoms with van der Waals surface area (Å²) in [6.45, 7) is 8.09. The maximum atomic E-state index is 11.1. The lowest BCUT2D eigenvalue weighted by Gasteiger charge is -2.22. The minimum atomic E-state index is -0.989. The van der Waals surface area contributed by atoms with Crippen molar-refractivity contribution in [2.24, 2.45) is 0 Å². The van der Waals surface area contributed by atoms with Crippen LogP contribution in [0.15, 0.2) is 24.2 Å². The van der Waals surface area contributed by atoms with Crippen molar-refractivity contribution in [1.82, 2.24) is 0 Å². The summed E-state index contributed by atoms with van der Waals surface area (Å²) in [5.74, 6) is -1.14. The molecule has 1 atom stereocenters. The van der Waals surface area contributed by atoms with E-state index >= 15 is 0 Å². The van der Waals surface area contributed by atoms with Gasteiger partial charge in [0.05, 0.1) is 6.42 Å². The Morgan fingerprint density at radius 2 is 2.12 bits per heavy atom. The number of carbonyl (C=O) groups excluding carboxylic acids is 2. The maximum absolute atomic E-state index is 11.1. The lowest BCUT2D eigenvalue weighted by Crippen LogP contribution is -2.29. The van der Waals surface area contributed by atoms with E-state index in [9.17, 15) is 9.59 Å². The number of esters is 1. The van der Waals surface area contributed by atoms with Gasteiger partial charge in [0, 0.05) is 12.5 Å². The van der Waals surface area contributed by atoms with E-state index in [0.29, 0.717) is 11.3 Å². The molecular weight excluding hydrogens is 224 g/mol. The molecule has 0 aromatic rings. The highest BCUT2D eigenvalue weighted by Gasteiger charge is 2.35. The lowest BCUT2D eigenvalue weighted by molar-refractivity contribution is -0.157. The predicted octanol–water partition coefficient (Wildman–Crippen LogP) is 1.69. The molecule has 0 aromatic heterocycles. The van der Waals surface area contributed by atoms with E-state index in [2.05, 4.69) is 6.58 Å². The Labute approximate surface area is 100 Å². The normalized spacial score (nSPS) is 22.2. The average Bonchev–Trinajstić information content (AvgIpc) is 2.55. The van der Waals surface area contributed by atoms with Crippen LogP contribution in [0, 0.1) is 0 Å². The molecule has 0 amide bonds. The Bertz CT molecular complexity index is 382. The SMILES string of the molecule is C=C(C)C(=O)OCC1=COC(C)(CC(C)=O)O1. The smallest absolute Gasteiger partial charge is 0.333 e. The fourth-order valence-electron chi connectivity index (χ4n) is 1.37. The topological polar surface area (TPSA) is 61.8 Å². The summed E-state index contributed by atoms with van der Waals surface area (Å²) in [5.41, 5.74) is 0.316. The first-order chi connectivity index (χ1) is 7.82. The van der Waals surface area contributed by atoms with Gasteiger partial charge in [0.1, 0.15) is 12.0 Å². The maximum Gasteiger partial charge on any atom is 0.333 e. The lowest BCUT2D eigenvalue weighted by atomic mass is 10.2. The average molecular weight is 240 g/mol. The molecule has 1 aliphatic heterocycles. The summed E-state index contributed by atoms with van der Waals surface area (Å²) in [6.07, 6.45) is 1.50. The molecule has 0 radical (unpaired) electrons. The Balaban J connectivity index is 2.42. The van der Waals surface area contributed by atoms with Crippen molar-refractivity contribution in [3.05, 3.63) is 24.2 Å². The number of rotatable bonds is 5. The van der Waals surface area contributed by atoms with E-state index < -0.39 is 11.8 Å². The van der Waals surface area contributed by atoms with Gasteiger partial charge in [-0.25, -0.2) is 4.79 Å². The van der Waals surface area contributed by atoms with Crippen LogP contribution in [-0.2, 0) is 23.8 Å². The van der Waals surface area contributed by atoms with Crippen LogP contribution in [-0.4, -0.2) is 24.1 Å². The molecule has 0 N–H and O–H groups in total. The van der Waals surface area contributed by atoms with Crippen molar-refractivity contribution in [3.63, 3.8) is 0 Å². The van der Waals surface area contributed by atoms with Gasteiger partial charge in [-0.15, -0.1) is 0 Å². The molecule has 1 rings (SSSR count). The standard InChI is InChI=1S/C12H16O5/c1-8(2)11(14)15-6-10-7-16-12(4,17-10)5-9(3)13/h7H,1,5-6H2,2-4H3. The zero-order chi connectivity index (χ0) is 13.1. The first-order valence-corrected chi connectivity index (χ1v) is 5.20. The molecule has 0 spiro atoms. The summed E-state index contributed by atoms with van der Waals surface area (Å²) >= 11 is 0. The number of Topliss-reactive ketones (excluding diaryl/α,β-unsaturated/α-hetero) is 1. The molecule has 5 nitrogen and oxygen atoms in total. The third-order valence-corrected chi connectivity index (χ3v) is 2.05. The van der Waals surface area contributed by atoms with E-state index in [4.69, 9.17) is 14.2 Å². The predicted molar refractivity (Wildman–Crippen MR) is 59.7 cm³/mol. The van der Waals surface area contributed by atoms with Crippen LogP contribution in [0.2, 0.25) is 0 Å².